The highest BCUT2D eigenvalue weighted by Crippen LogP contribution is 2.24. The van der Waals surface area contributed by atoms with E-state index in [0.717, 1.165) is 12.1 Å². The minimum absolute atomic E-state index is 0.0832. The first-order chi connectivity index (χ1) is 9.27. The Morgan fingerprint density at radius 2 is 2.15 bits per heavy atom. The summed E-state index contributed by atoms with van der Waals surface area (Å²) < 4.78 is 59.1. The highest BCUT2D eigenvalue weighted by atomic mass is 32.2. The van der Waals surface area contributed by atoms with Crippen LogP contribution in [-0.4, -0.2) is 27.2 Å². The van der Waals surface area contributed by atoms with E-state index in [9.17, 15) is 17.2 Å². The summed E-state index contributed by atoms with van der Waals surface area (Å²) in [7, 11) is -4.19. The van der Waals surface area contributed by atoms with Crippen molar-refractivity contribution in [2.45, 2.75) is 30.3 Å². The molecule has 1 aliphatic heterocycles. The van der Waals surface area contributed by atoms with Crippen LogP contribution in [0.25, 0.3) is 0 Å². The van der Waals surface area contributed by atoms with Gasteiger partial charge in [0.1, 0.15) is 4.90 Å². The molecule has 0 bridgehead atoms. The van der Waals surface area contributed by atoms with E-state index in [1.165, 1.54) is 0 Å². The van der Waals surface area contributed by atoms with Gasteiger partial charge in [0.05, 0.1) is 12.1 Å². The van der Waals surface area contributed by atoms with Crippen LogP contribution in [0.15, 0.2) is 17.0 Å². The first kappa shape index (κ1) is 15.3. The van der Waals surface area contributed by atoms with Crippen LogP contribution in [0.4, 0.5) is 8.78 Å². The van der Waals surface area contributed by atoms with E-state index >= 15 is 0 Å². The smallest absolute Gasteiger partial charge is 0.244 e. The molecule has 1 aromatic rings. The first-order valence-corrected chi connectivity index (χ1v) is 7.55. The fraction of sp³-hybridized carbons (Fsp3) is 0.500. The molecule has 1 saturated heterocycles. The normalized spacial score (nSPS) is 23.2. The minimum Gasteiger partial charge on any atom is -0.379 e. The number of rotatable bonds is 4. The van der Waals surface area contributed by atoms with Gasteiger partial charge in [-0.3, -0.25) is 0 Å². The maximum Gasteiger partial charge on any atom is 0.244 e. The number of sulfonamides is 1. The van der Waals surface area contributed by atoms with Gasteiger partial charge < -0.3 is 10.5 Å². The maximum atomic E-state index is 13.7. The van der Waals surface area contributed by atoms with Crippen LogP contribution in [0.1, 0.15) is 18.9 Å². The molecule has 1 atom stereocenters. The van der Waals surface area contributed by atoms with Crippen LogP contribution in [0.3, 0.4) is 0 Å². The molecule has 1 heterocycles. The molecule has 0 aromatic heterocycles. The number of halogens is 2. The fourth-order valence-corrected chi connectivity index (χ4v) is 3.62. The fourth-order valence-electron chi connectivity index (χ4n) is 2.06. The van der Waals surface area contributed by atoms with Crippen molar-refractivity contribution in [2.75, 3.05) is 13.2 Å². The Balaban J connectivity index is 2.41. The summed E-state index contributed by atoms with van der Waals surface area (Å²) in [5.41, 5.74) is 4.73. The van der Waals surface area contributed by atoms with E-state index in [1.807, 2.05) is 0 Å². The highest BCUT2D eigenvalue weighted by Gasteiger charge is 2.36. The molecule has 0 radical (unpaired) electrons. The average Bonchev–Trinajstić information content (AvgIpc) is 2.77. The molecule has 1 unspecified atom stereocenters. The second-order valence-corrected chi connectivity index (χ2v) is 6.71. The lowest BCUT2D eigenvalue weighted by molar-refractivity contribution is 0.178. The molecule has 0 saturated carbocycles. The predicted molar refractivity (Wildman–Crippen MR) is 68.4 cm³/mol. The molecule has 8 heteroatoms. The van der Waals surface area contributed by atoms with Gasteiger partial charge >= 0.3 is 0 Å². The number of benzene rings is 1. The zero-order chi connectivity index (χ0) is 15.0. The topological polar surface area (TPSA) is 81.4 Å². The minimum atomic E-state index is -4.19. The van der Waals surface area contributed by atoms with E-state index < -0.39 is 32.1 Å². The van der Waals surface area contributed by atoms with Gasteiger partial charge in [-0.15, -0.1) is 0 Å². The van der Waals surface area contributed by atoms with Crippen molar-refractivity contribution >= 4 is 10.0 Å². The summed E-state index contributed by atoms with van der Waals surface area (Å²) in [5.74, 6) is -2.64. The lowest BCUT2D eigenvalue weighted by Crippen LogP contribution is -2.46. The quantitative estimate of drug-likeness (QED) is 0.865. The van der Waals surface area contributed by atoms with Crippen molar-refractivity contribution in [3.8, 4) is 0 Å². The second-order valence-electron chi connectivity index (χ2n) is 5.06. The molecule has 2 rings (SSSR count). The molecule has 3 N–H and O–H groups in total. The molecule has 1 aromatic carbocycles. The van der Waals surface area contributed by atoms with Gasteiger partial charge in [0, 0.05) is 13.2 Å². The lowest BCUT2D eigenvalue weighted by atomic mass is 10.0. The summed E-state index contributed by atoms with van der Waals surface area (Å²) in [5, 5.41) is 0. The van der Waals surface area contributed by atoms with Crippen molar-refractivity contribution in [1.29, 1.82) is 0 Å². The van der Waals surface area contributed by atoms with Crippen molar-refractivity contribution in [3.05, 3.63) is 29.3 Å². The molecule has 1 fully saturated rings. The third kappa shape index (κ3) is 2.98. The number of hydrogen-bond donors (Lipinski definition) is 2. The number of nitrogens with two attached hydrogens (primary N) is 1. The van der Waals surface area contributed by atoms with Crippen molar-refractivity contribution in [2.24, 2.45) is 5.73 Å². The van der Waals surface area contributed by atoms with E-state index in [2.05, 4.69) is 4.72 Å². The van der Waals surface area contributed by atoms with Crippen molar-refractivity contribution in [3.63, 3.8) is 0 Å². The summed E-state index contributed by atoms with van der Waals surface area (Å²) in [6.45, 7) is 2.17. The third-order valence-corrected chi connectivity index (χ3v) is 4.82. The Kier molecular flexibility index (Phi) is 4.10. The van der Waals surface area contributed by atoms with Gasteiger partial charge in [0.25, 0.3) is 0 Å². The average molecular weight is 306 g/mol. The number of hydrogen-bond acceptors (Lipinski definition) is 4. The second kappa shape index (κ2) is 5.36. The van der Waals surface area contributed by atoms with Gasteiger partial charge in [-0.05, 0) is 31.0 Å². The van der Waals surface area contributed by atoms with Crippen molar-refractivity contribution in [1.82, 2.24) is 4.72 Å². The summed E-state index contributed by atoms with van der Waals surface area (Å²) in [4.78, 5) is -0.730. The Morgan fingerprint density at radius 1 is 1.45 bits per heavy atom. The Morgan fingerprint density at radius 3 is 2.70 bits per heavy atom. The highest BCUT2D eigenvalue weighted by molar-refractivity contribution is 7.89. The van der Waals surface area contributed by atoms with Gasteiger partial charge in [-0.1, -0.05) is 0 Å². The zero-order valence-corrected chi connectivity index (χ0v) is 11.8. The van der Waals surface area contributed by atoms with Crippen LogP contribution in [0, 0.1) is 11.6 Å². The van der Waals surface area contributed by atoms with E-state index in [1.54, 1.807) is 6.92 Å². The third-order valence-electron chi connectivity index (χ3n) is 3.18. The zero-order valence-electron chi connectivity index (χ0n) is 10.9. The van der Waals surface area contributed by atoms with Gasteiger partial charge in [0.2, 0.25) is 10.0 Å². The summed E-state index contributed by atoms with van der Waals surface area (Å²) >= 11 is 0. The van der Waals surface area contributed by atoms with Crippen LogP contribution < -0.4 is 10.5 Å². The lowest BCUT2D eigenvalue weighted by Gasteiger charge is -2.23. The van der Waals surface area contributed by atoms with Gasteiger partial charge in [-0.2, -0.15) is 0 Å². The molecule has 0 spiro atoms. The predicted octanol–water partition coefficient (Wildman–Crippen LogP) is 0.881. The summed E-state index contributed by atoms with van der Waals surface area (Å²) in [6.07, 6.45) is 0.465. The first-order valence-electron chi connectivity index (χ1n) is 6.07. The molecule has 20 heavy (non-hydrogen) atoms. The van der Waals surface area contributed by atoms with Gasteiger partial charge in [0.15, 0.2) is 11.6 Å². The molecule has 0 aliphatic carbocycles. The van der Waals surface area contributed by atoms with Crippen LogP contribution in [-0.2, 0) is 21.3 Å². The maximum absolute atomic E-state index is 13.7. The molecule has 112 valence electrons. The van der Waals surface area contributed by atoms with Crippen LogP contribution in [0.5, 0.6) is 0 Å². The summed E-state index contributed by atoms with van der Waals surface area (Å²) in [6, 6.07) is 1.93. The van der Waals surface area contributed by atoms with Gasteiger partial charge in [-0.25, -0.2) is 21.9 Å². The van der Waals surface area contributed by atoms with Crippen molar-refractivity contribution < 1.29 is 21.9 Å². The monoisotopic (exact) mass is 306 g/mol. The molecular weight excluding hydrogens is 290 g/mol. The molecular formula is C12H16F2N2O3S. The Labute approximate surface area is 116 Å². The van der Waals surface area contributed by atoms with E-state index in [4.69, 9.17) is 10.5 Å². The van der Waals surface area contributed by atoms with Crippen LogP contribution in [0.2, 0.25) is 0 Å². The Hall–Kier alpha value is -1.09. The standard InChI is InChI=1S/C12H16F2N2O3S/c1-12(2-3-19-7-12)16-20(17,18)10-5-8(6-15)4-9(13)11(10)14/h4-5,16H,2-3,6-7,15H2,1H3. The van der Waals surface area contributed by atoms with E-state index in [-0.39, 0.29) is 18.7 Å². The Bertz CT molecular complexity index is 613. The molecule has 1 aliphatic rings. The van der Waals surface area contributed by atoms with E-state index in [0.29, 0.717) is 13.0 Å². The van der Waals surface area contributed by atoms with Crippen LogP contribution >= 0.6 is 0 Å². The number of ether oxygens (including phenoxy) is 1. The largest absolute Gasteiger partial charge is 0.379 e. The molecule has 5 nitrogen and oxygen atoms in total. The SMILES string of the molecule is CC1(NS(=O)(=O)c2cc(CN)cc(F)c2F)CCOC1. The molecule has 0 amide bonds. The number of nitrogens with one attached hydrogen (secondary N) is 1.